The fourth-order valence-corrected chi connectivity index (χ4v) is 3.59. The minimum Gasteiger partial charge on any atom is -0.479 e. The standard InChI is InChI=1S/C9H10O3.C8H14O3.C8H16O3.C4H5F3O3/c10-8(9(11)12)6-7-4-2-1-3-5-7;9-7(8(10)11)6-4-2-1-3-5-6;1-2-3-4-5-6-7(9)8(10)11;1-3(10,2(8)9)4(5,6)7/h1-5,8,10H,6H2,(H,11,12);6-7,9H,1-5H2,(H,10,11);7,9H,2-6H2,1H3,(H,10,11);10H,1H3,(H,8,9). The Hall–Kier alpha value is -3.27. The highest BCUT2D eigenvalue weighted by atomic mass is 19.4. The van der Waals surface area contributed by atoms with Crippen LogP contribution in [0.1, 0.15) is 83.6 Å². The third kappa shape index (κ3) is 19.1. The SMILES string of the molecule is CC(O)(C(=O)O)C(F)(F)F.CCCCCCC(O)C(=O)O.O=C(O)C(O)C1CCCCC1.O=C(O)C(O)Cc1ccccc1. The Morgan fingerprint density at radius 2 is 1.30 bits per heavy atom. The summed E-state index contributed by atoms with van der Waals surface area (Å²) in [6, 6.07) is 9.03. The molecule has 1 aromatic rings. The zero-order valence-corrected chi connectivity index (χ0v) is 24.8. The zero-order valence-electron chi connectivity index (χ0n) is 24.8. The third-order valence-corrected chi connectivity index (χ3v) is 6.49. The van der Waals surface area contributed by atoms with Crippen LogP contribution in [0.3, 0.4) is 0 Å². The Labute approximate surface area is 253 Å². The lowest BCUT2D eigenvalue weighted by atomic mass is 9.85. The van der Waals surface area contributed by atoms with E-state index in [0.29, 0.717) is 6.42 Å². The first-order valence-electron chi connectivity index (χ1n) is 14.1. The summed E-state index contributed by atoms with van der Waals surface area (Å²) in [5.41, 5.74) is -2.82. The van der Waals surface area contributed by atoms with Crippen molar-refractivity contribution in [2.75, 3.05) is 0 Å². The van der Waals surface area contributed by atoms with E-state index >= 15 is 0 Å². The molecule has 0 aliphatic heterocycles. The van der Waals surface area contributed by atoms with Crippen LogP contribution in [0.2, 0.25) is 0 Å². The normalized spacial score (nSPS) is 16.5. The van der Waals surface area contributed by atoms with Gasteiger partial charge in [0.15, 0.2) is 18.3 Å². The lowest BCUT2D eigenvalue weighted by Gasteiger charge is -2.23. The Morgan fingerprint density at radius 3 is 1.66 bits per heavy atom. The number of unbranched alkanes of at least 4 members (excludes halogenated alkanes) is 3. The molecule has 8 N–H and O–H groups in total. The summed E-state index contributed by atoms with van der Waals surface area (Å²) in [4.78, 5) is 40.4. The summed E-state index contributed by atoms with van der Waals surface area (Å²) in [5, 5.41) is 68.1. The van der Waals surface area contributed by atoms with Crippen molar-refractivity contribution in [3.05, 3.63) is 35.9 Å². The van der Waals surface area contributed by atoms with Crippen molar-refractivity contribution >= 4 is 23.9 Å². The van der Waals surface area contributed by atoms with E-state index in [4.69, 9.17) is 40.9 Å². The molecule has 15 heteroatoms. The lowest BCUT2D eigenvalue weighted by Crippen LogP contribution is -2.49. The van der Waals surface area contributed by atoms with Gasteiger partial charge in [-0.1, -0.05) is 82.2 Å². The van der Waals surface area contributed by atoms with Crippen molar-refractivity contribution in [3.8, 4) is 0 Å². The average Bonchev–Trinajstić information content (AvgIpc) is 2.96. The van der Waals surface area contributed by atoms with Crippen LogP contribution in [0.15, 0.2) is 30.3 Å². The van der Waals surface area contributed by atoms with Gasteiger partial charge in [-0.3, -0.25) is 0 Å². The predicted octanol–water partition coefficient (Wildman–Crippen LogP) is 3.47. The van der Waals surface area contributed by atoms with Gasteiger partial charge in [0.05, 0.1) is 0 Å². The van der Waals surface area contributed by atoms with Crippen LogP contribution in [0.5, 0.6) is 0 Å². The van der Waals surface area contributed by atoms with Crippen LogP contribution in [-0.4, -0.2) is 94.8 Å². The summed E-state index contributed by atoms with van der Waals surface area (Å²) >= 11 is 0. The average molecular weight is 643 g/mol. The van der Waals surface area contributed by atoms with Gasteiger partial charge in [-0.2, -0.15) is 13.2 Å². The highest BCUT2D eigenvalue weighted by Crippen LogP contribution is 2.29. The number of carboxylic acids is 4. The lowest BCUT2D eigenvalue weighted by molar-refractivity contribution is -0.253. The fourth-order valence-electron chi connectivity index (χ4n) is 3.59. The number of halogens is 3. The van der Waals surface area contributed by atoms with Crippen LogP contribution in [0.4, 0.5) is 13.2 Å². The van der Waals surface area contributed by atoms with Gasteiger partial charge >= 0.3 is 30.1 Å². The van der Waals surface area contributed by atoms with E-state index in [-0.39, 0.29) is 19.3 Å². The third-order valence-electron chi connectivity index (χ3n) is 6.49. The van der Waals surface area contributed by atoms with Gasteiger partial charge in [0.2, 0.25) is 0 Å². The number of rotatable bonds is 12. The molecule has 0 heterocycles. The molecule has 2 rings (SSSR count). The smallest absolute Gasteiger partial charge is 0.427 e. The number of hydrogen-bond donors (Lipinski definition) is 8. The summed E-state index contributed by atoms with van der Waals surface area (Å²) in [6.45, 7) is 2.27. The van der Waals surface area contributed by atoms with Crippen LogP contribution in [0.25, 0.3) is 0 Å². The van der Waals surface area contributed by atoms with Gasteiger partial charge in [-0.15, -0.1) is 0 Å². The summed E-state index contributed by atoms with van der Waals surface area (Å²) in [5.74, 6) is -5.67. The second-order valence-electron chi connectivity index (χ2n) is 10.3. The predicted molar refractivity (Wildman–Crippen MR) is 151 cm³/mol. The molecule has 1 fully saturated rings. The first-order chi connectivity index (χ1) is 20.3. The number of hydrogen-bond acceptors (Lipinski definition) is 8. The minimum atomic E-state index is -5.13. The molecule has 0 spiro atoms. The maximum atomic E-state index is 11.5. The Balaban J connectivity index is 0. The zero-order chi connectivity index (χ0) is 34.5. The molecule has 254 valence electrons. The molecule has 44 heavy (non-hydrogen) atoms. The molecule has 4 unspecified atom stereocenters. The molecular formula is C29H45F3O12. The Kier molecular flexibility index (Phi) is 21.7. The molecule has 1 aliphatic rings. The molecule has 1 saturated carbocycles. The molecule has 1 aliphatic carbocycles. The Morgan fingerprint density at radius 1 is 0.795 bits per heavy atom. The molecule has 1 aromatic carbocycles. The van der Waals surface area contributed by atoms with Crippen molar-refractivity contribution in [2.45, 2.75) is 115 Å². The molecule has 0 amide bonds. The summed E-state index contributed by atoms with van der Waals surface area (Å²) < 4.78 is 34.4. The van der Waals surface area contributed by atoms with Gasteiger partial charge in [-0.25, -0.2) is 19.2 Å². The molecular weight excluding hydrogens is 597 g/mol. The van der Waals surface area contributed by atoms with Gasteiger partial charge < -0.3 is 40.9 Å². The van der Waals surface area contributed by atoms with Crippen molar-refractivity contribution in [2.24, 2.45) is 5.92 Å². The molecule has 0 bridgehead atoms. The largest absolute Gasteiger partial charge is 0.479 e. The van der Waals surface area contributed by atoms with Crippen LogP contribution in [0, 0.1) is 5.92 Å². The molecule has 0 radical (unpaired) electrons. The highest BCUT2D eigenvalue weighted by Gasteiger charge is 2.56. The summed E-state index contributed by atoms with van der Waals surface area (Å²) in [6.07, 6.45) is 0.949. The van der Waals surface area contributed by atoms with Gasteiger partial charge in [-0.05, 0) is 37.7 Å². The van der Waals surface area contributed by atoms with E-state index in [1.54, 1.807) is 12.1 Å². The van der Waals surface area contributed by atoms with Gasteiger partial charge in [0, 0.05) is 6.42 Å². The number of aliphatic hydroxyl groups is 4. The number of alkyl halides is 3. The molecule has 0 saturated heterocycles. The molecule has 4 atom stereocenters. The molecule has 0 aromatic heterocycles. The first-order valence-corrected chi connectivity index (χ1v) is 14.1. The van der Waals surface area contributed by atoms with E-state index in [1.165, 1.54) is 6.42 Å². The monoisotopic (exact) mass is 642 g/mol. The van der Waals surface area contributed by atoms with Crippen LogP contribution < -0.4 is 0 Å². The number of aliphatic carboxylic acids is 4. The highest BCUT2D eigenvalue weighted by molar-refractivity contribution is 5.77. The second-order valence-corrected chi connectivity index (χ2v) is 10.3. The van der Waals surface area contributed by atoms with Crippen molar-refractivity contribution in [1.29, 1.82) is 0 Å². The van der Waals surface area contributed by atoms with Crippen LogP contribution in [-0.2, 0) is 25.6 Å². The quantitative estimate of drug-likeness (QED) is 0.153. The molecule has 12 nitrogen and oxygen atoms in total. The van der Waals surface area contributed by atoms with E-state index in [1.807, 2.05) is 18.2 Å². The van der Waals surface area contributed by atoms with E-state index in [0.717, 1.165) is 56.9 Å². The van der Waals surface area contributed by atoms with Gasteiger partial charge in [0.1, 0.15) is 0 Å². The number of benzene rings is 1. The maximum Gasteiger partial charge on any atom is 0.427 e. The van der Waals surface area contributed by atoms with Crippen molar-refractivity contribution in [3.63, 3.8) is 0 Å². The summed E-state index contributed by atoms with van der Waals surface area (Å²) in [7, 11) is 0. The number of carboxylic acid groups (broad SMARTS) is 4. The van der Waals surface area contributed by atoms with E-state index in [9.17, 15) is 32.3 Å². The van der Waals surface area contributed by atoms with Crippen molar-refractivity contribution in [1.82, 2.24) is 0 Å². The fraction of sp³-hybridized carbons (Fsp3) is 0.655. The number of aliphatic hydroxyl groups excluding tert-OH is 3. The number of carbonyl (C=O) groups is 4. The van der Waals surface area contributed by atoms with Crippen molar-refractivity contribution < 1.29 is 73.2 Å². The second kappa shape index (κ2) is 22.3. The topological polar surface area (TPSA) is 230 Å². The van der Waals surface area contributed by atoms with E-state index < -0.39 is 54.0 Å². The van der Waals surface area contributed by atoms with Gasteiger partial charge in [0.25, 0.3) is 5.60 Å². The van der Waals surface area contributed by atoms with E-state index in [2.05, 4.69) is 6.92 Å². The Bertz CT molecular complexity index is 964. The first kappa shape index (κ1) is 42.9. The van der Waals surface area contributed by atoms with Crippen LogP contribution >= 0.6 is 0 Å². The minimum absolute atomic E-state index is 0.00116. The maximum absolute atomic E-state index is 11.5.